The molecule has 1 heterocycles. The zero-order valence-corrected chi connectivity index (χ0v) is 8.59. The minimum Gasteiger partial charge on any atom is -0.441 e. The number of benzene rings is 1. The molecule has 0 radical (unpaired) electrons. The van der Waals surface area contributed by atoms with Crippen LogP contribution in [-0.2, 0) is 0 Å². The molecule has 82 valence electrons. The van der Waals surface area contributed by atoms with Crippen LogP contribution >= 0.6 is 11.6 Å². The SMILES string of the molecule is O=C(c1ccc(Cl)o1)c1cc(F)ccc1F. The van der Waals surface area contributed by atoms with Crippen molar-refractivity contribution in [3.8, 4) is 0 Å². The zero-order chi connectivity index (χ0) is 11.7. The van der Waals surface area contributed by atoms with Crippen molar-refractivity contribution in [3.05, 3.63) is 58.5 Å². The lowest BCUT2D eigenvalue weighted by Gasteiger charge is -1.99. The smallest absolute Gasteiger partial charge is 0.231 e. The van der Waals surface area contributed by atoms with E-state index in [1.807, 2.05) is 0 Å². The highest BCUT2D eigenvalue weighted by molar-refractivity contribution is 6.29. The predicted octanol–water partition coefficient (Wildman–Crippen LogP) is 3.44. The third kappa shape index (κ3) is 1.97. The maximum absolute atomic E-state index is 13.3. The monoisotopic (exact) mass is 242 g/mol. The number of hydrogen-bond acceptors (Lipinski definition) is 2. The van der Waals surface area contributed by atoms with E-state index < -0.39 is 17.4 Å². The first-order valence-corrected chi connectivity index (χ1v) is 4.71. The normalized spacial score (nSPS) is 10.4. The molecule has 0 atom stereocenters. The van der Waals surface area contributed by atoms with Gasteiger partial charge in [0.25, 0.3) is 0 Å². The Hall–Kier alpha value is -1.68. The van der Waals surface area contributed by atoms with Gasteiger partial charge in [0.2, 0.25) is 5.78 Å². The molecule has 2 nitrogen and oxygen atoms in total. The van der Waals surface area contributed by atoms with Crippen molar-refractivity contribution in [2.75, 3.05) is 0 Å². The first kappa shape index (κ1) is 10.8. The molecule has 16 heavy (non-hydrogen) atoms. The van der Waals surface area contributed by atoms with Gasteiger partial charge >= 0.3 is 0 Å². The second kappa shape index (κ2) is 4.06. The first-order chi connectivity index (χ1) is 7.58. The molecule has 0 spiro atoms. The maximum atomic E-state index is 13.3. The average Bonchev–Trinajstić information content (AvgIpc) is 2.67. The summed E-state index contributed by atoms with van der Waals surface area (Å²) in [6, 6.07) is 5.28. The zero-order valence-electron chi connectivity index (χ0n) is 7.84. The van der Waals surface area contributed by atoms with E-state index in [2.05, 4.69) is 0 Å². The summed E-state index contributed by atoms with van der Waals surface area (Å²) in [7, 11) is 0. The maximum Gasteiger partial charge on any atom is 0.231 e. The number of rotatable bonds is 2. The molecular weight excluding hydrogens is 238 g/mol. The van der Waals surface area contributed by atoms with E-state index in [4.69, 9.17) is 16.0 Å². The Morgan fingerprint density at radius 2 is 1.94 bits per heavy atom. The van der Waals surface area contributed by atoms with Crippen LogP contribution < -0.4 is 0 Å². The van der Waals surface area contributed by atoms with Gasteiger partial charge in [-0.2, -0.15) is 0 Å². The molecule has 5 heteroatoms. The topological polar surface area (TPSA) is 30.2 Å². The Balaban J connectivity index is 2.45. The second-order valence-corrected chi connectivity index (χ2v) is 3.43. The summed E-state index contributed by atoms with van der Waals surface area (Å²) in [5, 5.41) is 0.0140. The summed E-state index contributed by atoms with van der Waals surface area (Å²) in [5.74, 6) is -2.38. The van der Waals surface area contributed by atoms with Crippen LogP contribution in [0.1, 0.15) is 16.1 Å². The van der Waals surface area contributed by atoms with Crippen molar-refractivity contribution in [2.45, 2.75) is 0 Å². The molecule has 0 amide bonds. The molecule has 1 aromatic heterocycles. The molecule has 0 N–H and O–H groups in total. The summed E-state index contributed by atoms with van der Waals surface area (Å²) in [6.07, 6.45) is 0. The summed E-state index contributed by atoms with van der Waals surface area (Å²) >= 11 is 5.48. The standard InChI is InChI=1S/C11H5ClF2O2/c12-10-4-3-9(16-10)11(15)7-5-6(13)1-2-8(7)14/h1-5H. The number of hydrogen-bond donors (Lipinski definition) is 0. The fourth-order valence-electron chi connectivity index (χ4n) is 1.24. The summed E-state index contributed by atoms with van der Waals surface area (Å²) < 4.78 is 30.9. The van der Waals surface area contributed by atoms with Gasteiger partial charge in [0.15, 0.2) is 11.0 Å². The van der Waals surface area contributed by atoms with E-state index in [0.717, 1.165) is 18.2 Å². The van der Waals surface area contributed by atoms with Gasteiger partial charge in [0, 0.05) is 0 Å². The van der Waals surface area contributed by atoms with Crippen molar-refractivity contribution in [2.24, 2.45) is 0 Å². The quantitative estimate of drug-likeness (QED) is 0.755. The van der Waals surface area contributed by atoms with Crippen LogP contribution in [0, 0.1) is 11.6 Å². The Kier molecular flexibility index (Phi) is 2.75. The number of carbonyl (C=O) groups is 1. The van der Waals surface area contributed by atoms with Gasteiger partial charge in [-0.3, -0.25) is 4.79 Å². The van der Waals surface area contributed by atoms with Crippen LogP contribution in [0.2, 0.25) is 5.22 Å². The molecule has 0 fully saturated rings. The highest BCUT2D eigenvalue weighted by Gasteiger charge is 2.18. The fraction of sp³-hybridized carbons (Fsp3) is 0. The average molecular weight is 243 g/mol. The second-order valence-electron chi connectivity index (χ2n) is 3.06. The highest BCUT2D eigenvalue weighted by atomic mass is 35.5. The fourth-order valence-corrected chi connectivity index (χ4v) is 1.39. The van der Waals surface area contributed by atoms with Crippen molar-refractivity contribution in [3.63, 3.8) is 0 Å². The van der Waals surface area contributed by atoms with Gasteiger partial charge in [0.05, 0.1) is 5.56 Å². The lowest BCUT2D eigenvalue weighted by molar-refractivity contribution is 0.100. The van der Waals surface area contributed by atoms with Crippen LogP contribution in [0.4, 0.5) is 8.78 Å². The molecule has 0 aliphatic rings. The van der Waals surface area contributed by atoms with E-state index in [-0.39, 0.29) is 16.5 Å². The highest BCUT2D eigenvalue weighted by Crippen LogP contribution is 2.19. The van der Waals surface area contributed by atoms with Crippen molar-refractivity contribution < 1.29 is 18.0 Å². The van der Waals surface area contributed by atoms with Gasteiger partial charge < -0.3 is 4.42 Å². The van der Waals surface area contributed by atoms with E-state index in [1.54, 1.807) is 0 Å². The van der Waals surface area contributed by atoms with Crippen LogP contribution in [0.15, 0.2) is 34.7 Å². The lowest BCUT2D eigenvalue weighted by atomic mass is 10.1. The van der Waals surface area contributed by atoms with E-state index in [1.165, 1.54) is 12.1 Å². The van der Waals surface area contributed by atoms with Crippen LogP contribution in [-0.4, -0.2) is 5.78 Å². The predicted molar refractivity (Wildman–Crippen MR) is 53.5 cm³/mol. The van der Waals surface area contributed by atoms with Crippen LogP contribution in [0.3, 0.4) is 0 Å². The third-order valence-electron chi connectivity index (χ3n) is 1.97. The molecule has 0 aliphatic carbocycles. The number of carbonyl (C=O) groups excluding carboxylic acids is 1. The minimum atomic E-state index is -0.807. The van der Waals surface area contributed by atoms with Crippen molar-refractivity contribution in [1.29, 1.82) is 0 Å². The molecule has 0 bridgehead atoms. The molecule has 2 rings (SSSR count). The summed E-state index contributed by atoms with van der Waals surface area (Å²) in [5.41, 5.74) is -0.383. The molecule has 0 aliphatic heterocycles. The summed E-state index contributed by atoms with van der Waals surface area (Å²) in [4.78, 5) is 11.7. The minimum absolute atomic E-state index is 0.0140. The largest absolute Gasteiger partial charge is 0.441 e. The molecule has 0 unspecified atom stereocenters. The van der Waals surface area contributed by atoms with Gasteiger partial charge in [0.1, 0.15) is 11.6 Å². The van der Waals surface area contributed by atoms with Crippen molar-refractivity contribution >= 4 is 17.4 Å². The number of ketones is 1. The van der Waals surface area contributed by atoms with E-state index in [9.17, 15) is 13.6 Å². The molecular formula is C11H5ClF2O2. The number of halogens is 3. The third-order valence-corrected chi connectivity index (χ3v) is 2.17. The van der Waals surface area contributed by atoms with E-state index in [0.29, 0.717) is 0 Å². The summed E-state index contributed by atoms with van der Waals surface area (Å²) in [6.45, 7) is 0. The Bertz CT molecular complexity index is 549. The first-order valence-electron chi connectivity index (χ1n) is 4.33. The Labute approximate surface area is 94.4 Å². The number of furan rings is 1. The Morgan fingerprint density at radius 1 is 1.19 bits per heavy atom. The molecule has 2 aromatic rings. The van der Waals surface area contributed by atoms with Gasteiger partial charge in [-0.15, -0.1) is 0 Å². The van der Waals surface area contributed by atoms with Gasteiger partial charge in [-0.1, -0.05) is 0 Å². The van der Waals surface area contributed by atoms with Gasteiger partial charge in [-0.25, -0.2) is 8.78 Å². The van der Waals surface area contributed by atoms with Crippen molar-refractivity contribution in [1.82, 2.24) is 0 Å². The van der Waals surface area contributed by atoms with E-state index >= 15 is 0 Å². The van der Waals surface area contributed by atoms with Gasteiger partial charge in [-0.05, 0) is 41.9 Å². The van der Waals surface area contributed by atoms with Crippen LogP contribution in [0.5, 0.6) is 0 Å². The Morgan fingerprint density at radius 3 is 2.56 bits per heavy atom. The van der Waals surface area contributed by atoms with Crippen LogP contribution in [0.25, 0.3) is 0 Å². The molecule has 1 aromatic carbocycles. The lowest BCUT2D eigenvalue weighted by Crippen LogP contribution is -2.03. The molecule has 0 saturated heterocycles. The molecule has 0 saturated carbocycles.